The molecule has 1 fully saturated rings. The van der Waals surface area contributed by atoms with Gasteiger partial charge in [-0.1, -0.05) is 30.4 Å². The van der Waals surface area contributed by atoms with Crippen molar-refractivity contribution in [2.45, 2.75) is 6.42 Å². The summed E-state index contributed by atoms with van der Waals surface area (Å²) in [4.78, 5) is 2.45. The van der Waals surface area contributed by atoms with Gasteiger partial charge in [-0.2, -0.15) is 0 Å². The van der Waals surface area contributed by atoms with Crippen LogP contribution in [0.3, 0.4) is 0 Å². The SMILES string of the molecule is COc1ccc2c(O)c(C=C3N=Nc4ccccc43)oc2c1/C=C\CCN1CCNCC1. The second kappa shape index (κ2) is 8.98. The van der Waals surface area contributed by atoms with Gasteiger partial charge < -0.3 is 24.5 Å². The first-order valence-corrected chi connectivity index (χ1v) is 10.9. The van der Waals surface area contributed by atoms with Gasteiger partial charge in [-0.3, -0.25) is 0 Å². The Kier molecular flexibility index (Phi) is 5.75. The number of nitrogens with zero attached hydrogens (tertiary/aromatic N) is 3. The van der Waals surface area contributed by atoms with Crippen molar-refractivity contribution in [3.8, 4) is 11.5 Å². The van der Waals surface area contributed by atoms with Crippen LogP contribution >= 0.6 is 0 Å². The first kappa shape index (κ1) is 20.5. The lowest BCUT2D eigenvalue weighted by molar-refractivity contribution is 0.245. The summed E-state index contributed by atoms with van der Waals surface area (Å²) in [5, 5.41) is 23.3. The number of fused-ring (bicyclic) bond motifs is 2. The molecule has 0 radical (unpaired) electrons. The zero-order chi connectivity index (χ0) is 21.9. The smallest absolute Gasteiger partial charge is 0.172 e. The fourth-order valence-corrected chi connectivity index (χ4v) is 4.17. The fraction of sp³-hybridized carbons (Fsp3) is 0.280. The first-order valence-electron chi connectivity index (χ1n) is 10.9. The van der Waals surface area contributed by atoms with Crippen molar-refractivity contribution in [2.24, 2.45) is 10.2 Å². The van der Waals surface area contributed by atoms with E-state index in [1.165, 1.54) is 0 Å². The maximum Gasteiger partial charge on any atom is 0.172 e. The molecule has 0 spiro atoms. The number of benzene rings is 2. The predicted molar refractivity (Wildman–Crippen MR) is 126 cm³/mol. The van der Waals surface area contributed by atoms with Gasteiger partial charge in [-0.15, -0.1) is 10.2 Å². The highest BCUT2D eigenvalue weighted by atomic mass is 16.5. The summed E-state index contributed by atoms with van der Waals surface area (Å²) in [6, 6.07) is 11.4. The van der Waals surface area contributed by atoms with Crippen molar-refractivity contribution in [3.63, 3.8) is 0 Å². The van der Waals surface area contributed by atoms with Gasteiger partial charge in [-0.25, -0.2) is 0 Å². The summed E-state index contributed by atoms with van der Waals surface area (Å²) < 4.78 is 11.7. The summed E-state index contributed by atoms with van der Waals surface area (Å²) in [7, 11) is 1.64. The molecule has 3 heterocycles. The predicted octanol–water partition coefficient (Wildman–Crippen LogP) is 5.05. The Morgan fingerprint density at radius 1 is 1.16 bits per heavy atom. The molecule has 1 saturated heterocycles. The van der Waals surface area contributed by atoms with Crippen LogP contribution in [-0.2, 0) is 0 Å². The molecular weight excluding hydrogens is 404 g/mol. The Hall–Kier alpha value is -3.42. The summed E-state index contributed by atoms with van der Waals surface area (Å²) in [6.45, 7) is 5.27. The van der Waals surface area contributed by atoms with Crippen molar-refractivity contribution in [1.29, 1.82) is 0 Å². The molecule has 0 atom stereocenters. The van der Waals surface area contributed by atoms with Gasteiger partial charge in [0.05, 0.1) is 29.4 Å². The maximum atomic E-state index is 10.8. The van der Waals surface area contributed by atoms with Gasteiger partial charge in [0.2, 0.25) is 0 Å². The van der Waals surface area contributed by atoms with Crippen LogP contribution in [0.4, 0.5) is 5.69 Å². The number of rotatable bonds is 6. The van der Waals surface area contributed by atoms with E-state index in [1.807, 2.05) is 42.5 Å². The molecule has 164 valence electrons. The van der Waals surface area contributed by atoms with Gasteiger partial charge in [-0.05, 0) is 24.6 Å². The molecule has 2 N–H and O–H groups in total. The molecule has 7 nitrogen and oxygen atoms in total. The molecule has 0 amide bonds. The summed E-state index contributed by atoms with van der Waals surface area (Å²) in [5.41, 5.74) is 3.80. The molecule has 0 aliphatic carbocycles. The summed E-state index contributed by atoms with van der Waals surface area (Å²) >= 11 is 0. The standard InChI is InChI=1S/C25H26N4O3/c1-31-22-10-9-19-24(30)23(16-21-17-6-2-3-8-20(17)27-28-21)32-25(19)18(22)7-4-5-13-29-14-11-26-12-15-29/h2-4,6-10,16,26,30H,5,11-15H2,1H3/b7-4-,21-16?. The Balaban J connectivity index is 1.45. The van der Waals surface area contributed by atoms with Crippen molar-refractivity contribution in [1.82, 2.24) is 10.2 Å². The summed E-state index contributed by atoms with van der Waals surface area (Å²) in [6.07, 6.45) is 6.82. The third-order valence-corrected chi connectivity index (χ3v) is 5.90. The van der Waals surface area contributed by atoms with E-state index in [0.717, 1.165) is 56.0 Å². The first-order chi connectivity index (χ1) is 15.7. The van der Waals surface area contributed by atoms with Gasteiger partial charge in [0.25, 0.3) is 0 Å². The lowest BCUT2D eigenvalue weighted by Gasteiger charge is -2.26. The van der Waals surface area contributed by atoms with E-state index >= 15 is 0 Å². The molecule has 1 aromatic heterocycles. The molecule has 0 saturated carbocycles. The van der Waals surface area contributed by atoms with E-state index < -0.39 is 0 Å². The highest BCUT2D eigenvalue weighted by Gasteiger charge is 2.20. The minimum absolute atomic E-state index is 0.0881. The van der Waals surface area contributed by atoms with Gasteiger partial charge in [0.1, 0.15) is 11.3 Å². The molecule has 5 rings (SSSR count). The Bertz CT molecular complexity index is 1220. The van der Waals surface area contributed by atoms with E-state index in [-0.39, 0.29) is 5.75 Å². The lowest BCUT2D eigenvalue weighted by atomic mass is 10.1. The highest BCUT2D eigenvalue weighted by molar-refractivity contribution is 5.97. The third-order valence-electron chi connectivity index (χ3n) is 5.90. The van der Waals surface area contributed by atoms with Crippen molar-refractivity contribution >= 4 is 34.5 Å². The van der Waals surface area contributed by atoms with Crippen LogP contribution < -0.4 is 10.1 Å². The minimum Gasteiger partial charge on any atom is -0.504 e. The van der Waals surface area contributed by atoms with Crippen LogP contribution in [-0.4, -0.2) is 49.8 Å². The number of aromatic hydroxyl groups is 1. The average Bonchev–Trinajstić information content (AvgIpc) is 3.39. The van der Waals surface area contributed by atoms with E-state index in [1.54, 1.807) is 13.2 Å². The van der Waals surface area contributed by atoms with Crippen LogP contribution in [0.1, 0.15) is 23.3 Å². The van der Waals surface area contributed by atoms with Gasteiger partial charge in [0, 0.05) is 44.4 Å². The number of piperazine rings is 1. The Morgan fingerprint density at radius 3 is 2.84 bits per heavy atom. The fourth-order valence-electron chi connectivity index (χ4n) is 4.17. The van der Waals surface area contributed by atoms with Gasteiger partial charge in [0.15, 0.2) is 11.5 Å². The molecule has 2 aromatic carbocycles. The quantitative estimate of drug-likeness (QED) is 0.572. The van der Waals surface area contributed by atoms with Crippen LogP contribution in [0.15, 0.2) is 57.1 Å². The second-order valence-electron chi connectivity index (χ2n) is 7.90. The van der Waals surface area contributed by atoms with Crippen LogP contribution in [0.2, 0.25) is 0 Å². The van der Waals surface area contributed by atoms with E-state index in [4.69, 9.17) is 9.15 Å². The normalized spacial score (nSPS) is 17.6. The molecule has 0 unspecified atom stereocenters. The summed E-state index contributed by atoms with van der Waals surface area (Å²) in [5.74, 6) is 1.15. The molecule has 2 aliphatic heterocycles. The van der Waals surface area contributed by atoms with Gasteiger partial charge >= 0.3 is 0 Å². The number of furan rings is 1. The zero-order valence-corrected chi connectivity index (χ0v) is 18.0. The number of methoxy groups -OCH3 is 1. The molecule has 0 bridgehead atoms. The van der Waals surface area contributed by atoms with Crippen LogP contribution in [0.25, 0.3) is 28.8 Å². The topological polar surface area (TPSA) is 82.6 Å². The average molecular weight is 431 g/mol. The Labute approximate surface area is 186 Å². The largest absolute Gasteiger partial charge is 0.504 e. The molecule has 3 aromatic rings. The Morgan fingerprint density at radius 2 is 2.00 bits per heavy atom. The monoisotopic (exact) mass is 430 g/mol. The molecule has 7 heteroatoms. The molecule has 2 aliphatic rings. The molecule has 32 heavy (non-hydrogen) atoms. The number of ether oxygens (including phenoxy) is 1. The zero-order valence-electron chi connectivity index (χ0n) is 18.0. The number of hydrogen-bond acceptors (Lipinski definition) is 7. The second-order valence-corrected chi connectivity index (χ2v) is 7.90. The highest BCUT2D eigenvalue weighted by Crippen LogP contribution is 2.42. The van der Waals surface area contributed by atoms with Crippen molar-refractivity contribution in [2.75, 3.05) is 39.8 Å². The van der Waals surface area contributed by atoms with Crippen molar-refractivity contribution in [3.05, 3.63) is 59.4 Å². The minimum atomic E-state index is 0.0881. The van der Waals surface area contributed by atoms with Crippen LogP contribution in [0.5, 0.6) is 11.5 Å². The maximum absolute atomic E-state index is 10.8. The third kappa shape index (κ3) is 3.92. The number of nitrogens with one attached hydrogen (secondary N) is 1. The van der Waals surface area contributed by atoms with E-state index in [9.17, 15) is 5.11 Å². The lowest BCUT2D eigenvalue weighted by Crippen LogP contribution is -2.43. The van der Waals surface area contributed by atoms with E-state index in [2.05, 4.69) is 26.5 Å². The van der Waals surface area contributed by atoms with E-state index in [0.29, 0.717) is 28.2 Å². The number of hydrogen-bond donors (Lipinski definition) is 2. The van der Waals surface area contributed by atoms with Crippen LogP contribution in [0, 0.1) is 0 Å². The number of azo groups is 1. The van der Waals surface area contributed by atoms with Crippen molar-refractivity contribution < 1.29 is 14.3 Å². The molecular formula is C25H26N4O3.